The van der Waals surface area contributed by atoms with Gasteiger partial charge in [-0.2, -0.15) is 17.7 Å². The van der Waals surface area contributed by atoms with E-state index in [-0.39, 0.29) is 17.5 Å². The lowest BCUT2D eigenvalue weighted by Gasteiger charge is -2.32. The summed E-state index contributed by atoms with van der Waals surface area (Å²) in [5, 5.41) is 13.9. The first-order valence-electron chi connectivity index (χ1n) is 11.9. The first-order chi connectivity index (χ1) is 16.9. The number of aromatic nitrogens is 5. The fourth-order valence-electron chi connectivity index (χ4n) is 4.78. The van der Waals surface area contributed by atoms with Gasteiger partial charge in [0.2, 0.25) is 5.91 Å². The van der Waals surface area contributed by atoms with Gasteiger partial charge in [-0.1, -0.05) is 6.07 Å². The number of carbonyl (C=O) groups is 1. The van der Waals surface area contributed by atoms with Gasteiger partial charge in [-0.3, -0.25) is 4.79 Å². The van der Waals surface area contributed by atoms with E-state index in [2.05, 4.69) is 30.5 Å². The SMILES string of the molecule is O=C(NCc1cccnc1N1CCCCC1)C1CCN(c2ccc3nnc(C(F)(F)F)n3n2)CC1. The van der Waals surface area contributed by atoms with E-state index in [0.717, 1.165) is 41.8 Å². The van der Waals surface area contributed by atoms with Crippen molar-refractivity contribution in [3.8, 4) is 0 Å². The third-order valence-corrected chi connectivity index (χ3v) is 6.67. The lowest BCUT2D eigenvalue weighted by molar-refractivity contribution is -0.146. The Morgan fingerprint density at radius 3 is 2.51 bits per heavy atom. The average Bonchev–Trinajstić information content (AvgIpc) is 3.32. The Morgan fingerprint density at radius 1 is 1.00 bits per heavy atom. The van der Waals surface area contributed by atoms with E-state index in [0.29, 0.717) is 38.3 Å². The molecule has 5 heterocycles. The maximum absolute atomic E-state index is 13.2. The fraction of sp³-hybridized carbons (Fsp3) is 0.522. The molecule has 2 fully saturated rings. The van der Waals surface area contributed by atoms with E-state index < -0.39 is 12.0 Å². The Labute approximate surface area is 200 Å². The number of hydrogen-bond acceptors (Lipinski definition) is 7. The van der Waals surface area contributed by atoms with Crippen LogP contribution in [0.15, 0.2) is 30.5 Å². The van der Waals surface area contributed by atoms with Crippen molar-refractivity contribution >= 4 is 23.2 Å². The predicted octanol–water partition coefficient (Wildman–Crippen LogP) is 3.06. The molecule has 0 radical (unpaired) electrons. The number of carbonyl (C=O) groups excluding carboxylic acids is 1. The highest BCUT2D eigenvalue weighted by Gasteiger charge is 2.38. The second-order valence-electron chi connectivity index (χ2n) is 9.00. The maximum Gasteiger partial charge on any atom is 0.453 e. The number of nitrogens with one attached hydrogen (secondary N) is 1. The van der Waals surface area contributed by atoms with Gasteiger partial charge in [0.1, 0.15) is 11.6 Å². The van der Waals surface area contributed by atoms with Gasteiger partial charge < -0.3 is 15.1 Å². The van der Waals surface area contributed by atoms with Gasteiger partial charge in [-0.15, -0.1) is 15.3 Å². The molecule has 0 bridgehead atoms. The Bertz CT molecular complexity index is 1180. The average molecular weight is 489 g/mol. The van der Waals surface area contributed by atoms with E-state index in [4.69, 9.17) is 0 Å². The van der Waals surface area contributed by atoms with Crippen LogP contribution in [0.3, 0.4) is 0 Å². The predicted molar refractivity (Wildman–Crippen MR) is 123 cm³/mol. The van der Waals surface area contributed by atoms with Crippen LogP contribution in [-0.2, 0) is 17.5 Å². The zero-order chi connectivity index (χ0) is 24.4. The molecular weight excluding hydrogens is 461 g/mol. The minimum Gasteiger partial charge on any atom is -0.356 e. The van der Waals surface area contributed by atoms with E-state index >= 15 is 0 Å². The van der Waals surface area contributed by atoms with Crippen LogP contribution in [0.4, 0.5) is 24.8 Å². The van der Waals surface area contributed by atoms with Crippen molar-refractivity contribution in [3.05, 3.63) is 41.9 Å². The van der Waals surface area contributed by atoms with Crippen LogP contribution in [0.5, 0.6) is 0 Å². The van der Waals surface area contributed by atoms with Gasteiger partial charge in [0.05, 0.1) is 0 Å². The Hall–Kier alpha value is -3.44. The Kier molecular flexibility index (Phi) is 6.44. The highest BCUT2D eigenvalue weighted by molar-refractivity contribution is 5.79. The van der Waals surface area contributed by atoms with Crippen molar-refractivity contribution in [2.45, 2.75) is 44.8 Å². The molecule has 0 unspecified atom stereocenters. The zero-order valence-electron chi connectivity index (χ0n) is 19.2. The number of piperidine rings is 2. The van der Waals surface area contributed by atoms with Crippen LogP contribution in [-0.4, -0.2) is 56.9 Å². The molecule has 0 saturated carbocycles. The maximum atomic E-state index is 13.2. The Morgan fingerprint density at radius 2 is 1.77 bits per heavy atom. The van der Waals surface area contributed by atoms with Crippen LogP contribution in [0.1, 0.15) is 43.5 Å². The van der Waals surface area contributed by atoms with Crippen LogP contribution in [0, 0.1) is 5.92 Å². The molecule has 3 aromatic rings. The number of amides is 1. The molecule has 186 valence electrons. The summed E-state index contributed by atoms with van der Waals surface area (Å²) < 4.78 is 40.2. The zero-order valence-corrected chi connectivity index (χ0v) is 19.2. The molecule has 1 amide bonds. The minimum atomic E-state index is -4.64. The van der Waals surface area contributed by atoms with Gasteiger partial charge in [-0.25, -0.2) is 4.98 Å². The van der Waals surface area contributed by atoms with Gasteiger partial charge in [0, 0.05) is 50.4 Å². The van der Waals surface area contributed by atoms with Crippen molar-refractivity contribution in [3.63, 3.8) is 0 Å². The van der Waals surface area contributed by atoms with E-state index in [9.17, 15) is 18.0 Å². The number of alkyl halides is 3. The molecular formula is C23H27F3N8O. The molecule has 35 heavy (non-hydrogen) atoms. The third-order valence-electron chi connectivity index (χ3n) is 6.67. The second kappa shape index (κ2) is 9.67. The second-order valence-corrected chi connectivity index (χ2v) is 9.00. The first kappa shape index (κ1) is 23.3. The summed E-state index contributed by atoms with van der Waals surface area (Å²) in [5.41, 5.74) is 1.04. The minimum absolute atomic E-state index is 0.0142. The van der Waals surface area contributed by atoms with Gasteiger partial charge in [0.15, 0.2) is 5.65 Å². The molecule has 2 aliphatic rings. The summed E-state index contributed by atoms with van der Waals surface area (Å²) in [6.07, 6.45) is 1.86. The van der Waals surface area contributed by atoms with Crippen molar-refractivity contribution in [2.75, 3.05) is 36.0 Å². The number of rotatable bonds is 5. The van der Waals surface area contributed by atoms with Crippen LogP contribution >= 0.6 is 0 Å². The molecule has 0 aromatic carbocycles. The summed E-state index contributed by atoms with van der Waals surface area (Å²) in [7, 11) is 0. The summed E-state index contributed by atoms with van der Waals surface area (Å²) in [4.78, 5) is 21.6. The van der Waals surface area contributed by atoms with E-state index in [1.165, 1.54) is 12.5 Å². The number of hydrogen-bond donors (Lipinski definition) is 1. The third kappa shape index (κ3) is 5.01. The highest BCUT2D eigenvalue weighted by Crippen LogP contribution is 2.29. The normalized spacial score (nSPS) is 17.7. The highest BCUT2D eigenvalue weighted by atomic mass is 19.4. The van der Waals surface area contributed by atoms with Crippen molar-refractivity contribution in [1.82, 2.24) is 30.1 Å². The monoisotopic (exact) mass is 488 g/mol. The molecule has 5 rings (SSSR count). The van der Waals surface area contributed by atoms with Gasteiger partial charge >= 0.3 is 6.18 Å². The summed E-state index contributed by atoms with van der Waals surface area (Å²) in [6.45, 7) is 3.43. The molecule has 9 nitrogen and oxygen atoms in total. The molecule has 1 N–H and O–H groups in total. The summed E-state index contributed by atoms with van der Waals surface area (Å²) in [6, 6.07) is 6.99. The number of anilines is 2. The fourth-order valence-corrected chi connectivity index (χ4v) is 4.78. The summed E-state index contributed by atoms with van der Waals surface area (Å²) >= 11 is 0. The van der Waals surface area contributed by atoms with Crippen LogP contribution < -0.4 is 15.1 Å². The van der Waals surface area contributed by atoms with Crippen molar-refractivity contribution < 1.29 is 18.0 Å². The van der Waals surface area contributed by atoms with Crippen LogP contribution in [0.2, 0.25) is 0 Å². The van der Waals surface area contributed by atoms with Crippen LogP contribution in [0.25, 0.3) is 5.65 Å². The molecule has 2 saturated heterocycles. The van der Waals surface area contributed by atoms with E-state index in [1.807, 2.05) is 17.0 Å². The van der Waals surface area contributed by atoms with Crippen molar-refractivity contribution in [2.24, 2.45) is 5.92 Å². The van der Waals surface area contributed by atoms with E-state index in [1.54, 1.807) is 12.3 Å². The first-order valence-corrected chi connectivity index (χ1v) is 11.9. The summed E-state index contributed by atoms with van der Waals surface area (Å²) in [5.74, 6) is 0.0209. The largest absolute Gasteiger partial charge is 0.453 e. The van der Waals surface area contributed by atoms with Gasteiger partial charge in [0.25, 0.3) is 5.82 Å². The number of pyridine rings is 1. The molecule has 0 atom stereocenters. The molecule has 12 heteroatoms. The number of halogens is 3. The quantitative estimate of drug-likeness (QED) is 0.590. The number of fused-ring (bicyclic) bond motifs is 1. The molecule has 0 aliphatic carbocycles. The topological polar surface area (TPSA) is 91.5 Å². The van der Waals surface area contributed by atoms with Crippen molar-refractivity contribution in [1.29, 1.82) is 0 Å². The van der Waals surface area contributed by atoms with Gasteiger partial charge in [-0.05, 0) is 50.3 Å². The lowest BCUT2D eigenvalue weighted by atomic mass is 9.96. The molecule has 0 spiro atoms. The molecule has 2 aliphatic heterocycles. The standard InChI is InChI=1S/C23H27F3N8O/c24-23(25,26)22-30-29-18-6-7-19(31-34(18)22)32-13-8-16(9-14-32)21(35)28-15-17-5-4-10-27-20(17)33-11-2-1-3-12-33/h4-7,10,16H,1-3,8-9,11-15H2,(H,28,35). The Balaban J connectivity index is 1.19. The number of nitrogens with zero attached hydrogens (tertiary/aromatic N) is 7. The molecule has 3 aromatic heterocycles. The lowest BCUT2D eigenvalue weighted by Crippen LogP contribution is -2.41. The smallest absolute Gasteiger partial charge is 0.356 e.